The molecule has 0 unspecified atom stereocenters. The number of aryl methyl sites for hydroxylation is 3. The predicted octanol–water partition coefficient (Wildman–Crippen LogP) is 3.46. The Morgan fingerprint density at radius 1 is 1.08 bits per heavy atom. The van der Waals surface area contributed by atoms with Crippen LogP contribution >= 0.6 is 0 Å². The molecule has 0 radical (unpaired) electrons. The van der Waals surface area contributed by atoms with Crippen LogP contribution in [0.5, 0.6) is 0 Å². The van der Waals surface area contributed by atoms with Crippen LogP contribution in [0.4, 0.5) is 5.69 Å². The van der Waals surface area contributed by atoms with Crippen LogP contribution in [0, 0.1) is 13.8 Å². The molecule has 0 bridgehead atoms. The maximum Gasteiger partial charge on any atom is 0.261 e. The third-order valence-corrected chi connectivity index (χ3v) is 4.65. The van der Waals surface area contributed by atoms with Crippen LogP contribution in [-0.4, -0.2) is 22.0 Å². The van der Waals surface area contributed by atoms with E-state index < -0.39 is 0 Å². The largest absolute Gasteiger partial charge is 0.312 e. The molecule has 0 saturated carbocycles. The lowest BCUT2D eigenvalue weighted by Crippen LogP contribution is -2.33. The zero-order chi connectivity index (χ0) is 18.7. The van der Waals surface area contributed by atoms with E-state index in [0.717, 1.165) is 22.3 Å². The number of aromatic nitrogens is 2. The first-order valence-corrected chi connectivity index (χ1v) is 8.83. The molecule has 26 heavy (non-hydrogen) atoms. The molecule has 5 heteroatoms. The summed E-state index contributed by atoms with van der Waals surface area (Å²) >= 11 is 0. The van der Waals surface area contributed by atoms with Crippen molar-refractivity contribution in [1.82, 2.24) is 9.55 Å². The number of nitrogens with zero attached hydrogens (tertiary/aromatic N) is 3. The van der Waals surface area contributed by atoms with E-state index in [1.165, 1.54) is 10.9 Å². The fourth-order valence-electron chi connectivity index (χ4n) is 3.20. The van der Waals surface area contributed by atoms with Crippen molar-refractivity contribution in [3.8, 4) is 0 Å². The molecule has 0 aliphatic heterocycles. The number of hydrogen-bond acceptors (Lipinski definition) is 3. The predicted molar refractivity (Wildman–Crippen MR) is 105 cm³/mol. The molecule has 134 valence electrons. The van der Waals surface area contributed by atoms with Crippen molar-refractivity contribution in [2.24, 2.45) is 0 Å². The zero-order valence-electron chi connectivity index (χ0n) is 15.4. The van der Waals surface area contributed by atoms with E-state index in [-0.39, 0.29) is 17.9 Å². The summed E-state index contributed by atoms with van der Waals surface area (Å²) in [6.07, 6.45) is 1.79. The number of para-hydroxylation sites is 2. The second-order valence-corrected chi connectivity index (χ2v) is 6.39. The summed E-state index contributed by atoms with van der Waals surface area (Å²) < 4.78 is 1.52. The molecule has 1 amide bonds. The van der Waals surface area contributed by atoms with Gasteiger partial charge in [0, 0.05) is 25.2 Å². The second kappa shape index (κ2) is 7.52. The Hall–Kier alpha value is -2.95. The average Bonchev–Trinajstić information content (AvgIpc) is 2.64. The Labute approximate surface area is 152 Å². The number of benzene rings is 2. The highest BCUT2D eigenvalue weighted by Crippen LogP contribution is 2.20. The van der Waals surface area contributed by atoms with Gasteiger partial charge in [0.15, 0.2) is 0 Å². The highest BCUT2D eigenvalue weighted by Gasteiger charge is 2.16. The van der Waals surface area contributed by atoms with Gasteiger partial charge in [0.1, 0.15) is 0 Å². The summed E-state index contributed by atoms with van der Waals surface area (Å²) in [5.41, 5.74) is 3.56. The molecule has 0 aliphatic rings. The van der Waals surface area contributed by atoms with Crippen LogP contribution in [0.3, 0.4) is 0 Å². The van der Waals surface area contributed by atoms with Crippen LogP contribution in [0.1, 0.15) is 24.5 Å². The van der Waals surface area contributed by atoms with Crippen LogP contribution in [0.15, 0.2) is 53.6 Å². The Morgan fingerprint density at radius 2 is 1.81 bits per heavy atom. The first-order valence-electron chi connectivity index (χ1n) is 8.83. The quantitative estimate of drug-likeness (QED) is 0.709. The molecule has 0 atom stereocenters. The number of fused-ring (bicyclic) bond motifs is 1. The molecule has 1 aromatic heterocycles. The fourth-order valence-corrected chi connectivity index (χ4v) is 3.20. The molecule has 0 saturated heterocycles. The summed E-state index contributed by atoms with van der Waals surface area (Å²) in [6.45, 7) is 6.79. The number of anilines is 1. The van der Waals surface area contributed by atoms with Crippen LogP contribution in [0.2, 0.25) is 0 Å². The van der Waals surface area contributed by atoms with Gasteiger partial charge < -0.3 is 4.90 Å². The maximum absolute atomic E-state index is 12.7. The lowest BCUT2D eigenvalue weighted by Gasteiger charge is -2.23. The molecule has 0 spiro atoms. The minimum absolute atomic E-state index is 0.00182. The van der Waals surface area contributed by atoms with Gasteiger partial charge in [-0.1, -0.05) is 30.3 Å². The van der Waals surface area contributed by atoms with Gasteiger partial charge in [0.05, 0.1) is 17.2 Å². The number of carbonyl (C=O) groups excluding carboxylic acids is 1. The molecular formula is C21H23N3O2. The summed E-state index contributed by atoms with van der Waals surface area (Å²) in [5.74, 6) is -0.00182. The Balaban J connectivity index is 1.81. The molecule has 0 aliphatic carbocycles. The monoisotopic (exact) mass is 349 g/mol. The Bertz CT molecular complexity index is 1010. The Kier molecular flexibility index (Phi) is 5.16. The van der Waals surface area contributed by atoms with Gasteiger partial charge in [-0.25, -0.2) is 4.98 Å². The topological polar surface area (TPSA) is 55.2 Å². The molecule has 3 rings (SSSR count). The molecule has 1 heterocycles. The highest BCUT2D eigenvalue weighted by atomic mass is 16.2. The highest BCUT2D eigenvalue weighted by molar-refractivity contribution is 5.94. The number of carbonyl (C=O) groups is 1. The lowest BCUT2D eigenvalue weighted by atomic mass is 10.1. The van der Waals surface area contributed by atoms with Crippen molar-refractivity contribution in [1.29, 1.82) is 0 Å². The van der Waals surface area contributed by atoms with E-state index in [9.17, 15) is 9.59 Å². The summed E-state index contributed by atoms with van der Waals surface area (Å²) in [7, 11) is 0. The van der Waals surface area contributed by atoms with E-state index in [1.807, 2.05) is 57.2 Å². The summed E-state index contributed by atoms with van der Waals surface area (Å²) in [6, 6.07) is 13.4. The third-order valence-electron chi connectivity index (χ3n) is 4.65. The van der Waals surface area contributed by atoms with Crippen molar-refractivity contribution >= 4 is 22.5 Å². The minimum atomic E-state index is -0.106. The fraction of sp³-hybridized carbons (Fsp3) is 0.286. The van der Waals surface area contributed by atoms with Gasteiger partial charge in [-0.05, 0) is 44.0 Å². The molecule has 0 fully saturated rings. The normalized spacial score (nSPS) is 10.9. The second-order valence-electron chi connectivity index (χ2n) is 6.39. The van der Waals surface area contributed by atoms with Gasteiger partial charge in [-0.3, -0.25) is 14.2 Å². The van der Waals surface area contributed by atoms with E-state index in [0.29, 0.717) is 18.5 Å². The van der Waals surface area contributed by atoms with Crippen molar-refractivity contribution in [3.05, 3.63) is 70.3 Å². The zero-order valence-corrected chi connectivity index (χ0v) is 15.4. The lowest BCUT2D eigenvalue weighted by molar-refractivity contribution is -0.118. The average molecular weight is 349 g/mol. The van der Waals surface area contributed by atoms with E-state index >= 15 is 0 Å². The standard InChI is InChI=1S/C21H23N3O2/c1-4-24(18-11-6-5-8-15(18)2)19(25)12-13-23-14-22-20-16(3)9-7-10-17(20)21(23)26/h5-11,14H,4,12-13H2,1-3H3. The Morgan fingerprint density at radius 3 is 2.54 bits per heavy atom. The number of amides is 1. The van der Waals surface area contributed by atoms with Crippen LogP contribution < -0.4 is 10.5 Å². The minimum Gasteiger partial charge on any atom is -0.312 e. The van der Waals surface area contributed by atoms with Gasteiger partial charge in [-0.2, -0.15) is 0 Å². The third kappa shape index (κ3) is 3.38. The van der Waals surface area contributed by atoms with Crippen LogP contribution in [-0.2, 0) is 11.3 Å². The van der Waals surface area contributed by atoms with E-state index in [1.54, 1.807) is 11.0 Å². The van der Waals surface area contributed by atoms with E-state index in [4.69, 9.17) is 0 Å². The van der Waals surface area contributed by atoms with Gasteiger partial charge in [0.25, 0.3) is 5.56 Å². The first kappa shape index (κ1) is 17.9. The van der Waals surface area contributed by atoms with Gasteiger partial charge in [-0.15, -0.1) is 0 Å². The molecule has 5 nitrogen and oxygen atoms in total. The van der Waals surface area contributed by atoms with Crippen LogP contribution in [0.25, 0.3) is 10.9 Å². The van der Waals surface area contributed by atoms with Gasteiger partial charge >= 0.3 is 0 Å². The smallest absolute Gasteiger partial charge is 0.261 e. The van der Waals surface area contributed by atoms with E-state index in [2.05, 4.69) is 4.98 Å². The summed E-state index contributed by atoms with van der Waals surface area (Å²) in [5, 5.41) is 0.589. The van der Waals surface area contributed by atoms with Gasteiger partial charge in [0.2, 0.25) is 5.91 Å². The molecule has 3 aromatic rings. The first-order chi connectivity index (χ1) is 12.5. The van der Waals surface area contributed by atoms with Crippen molar-refractivity contribution in [2.45, 2.75) is 33.7 Å². The maximum atomic E-state index is 12.7. The van der Waals surface area contributed by atoms with Crippen molar-refractivity contribution < 1.29 is 4.79 Å². The van der Waals surface area contributed by atoms with Crippen molar-refractivity contribution in [2.75, 3.05) is 11.4 Å². The molecule has 2 aromatic carbocycles. The molecule has 0 N–H and O–H groups in total. The number of rotatable bonds is 5. The number of hydrogen-bond donors (Lipinski definition) is 0. The molecular weight excluding hydrogens is 326 g/mol. The summed E-state index contributed by atoms with van der Waals surface area (Å²) in [4.78, 5) is 31.5. The van der Waals surface area contributed by atoms with Crippen molar-refractivity contribution in [3.63, 3.8) is 0 Å². The SMILES string of the molecule is CCN(C(=O)CCn1cnc2c(C)cccc2c1=O)c1ccccc1C.